The lowest BCUT2D eigenvalue weighted by Crippen LogP contribution is -2.32. The van der Waals surface area contributed by atoms with Crippen molar-refractivity contribution in [3.05, 3.63) is 23.8 Å². The summed E-state index contributed by atoms with van der Waals surface area (Å²) in [6.07, 6.45) is 23.7. The number of phenolic OH excluding ortho intramolecular Hbond substituents is 1. The Morgan fingerprint density at radius 3 is 1.91 bits per heavy atom. The number of hydrazone groups is 1. The lowest BCUT2D eigenvalue weighted by atomic mass is 10.0. The van der Waals surface area contributed by atoms with Crippen LogP contribution in [0, 0.1) is 0 Å². The minimum absolute atomic E-state index is 0.128. The van der Waals surface area contributed by atoms with Crippen LogP contribution in [0.15, 0.2) is 23.3 Å². The SMILES string of the molecule is CCCCCCCCCCCCCCCCCCNC(=S)NN=Cc1ccc(O)c(OCC)c1. The van der Waals surface area contributed by atoms with Crippen LogP contribution in [0.3, 0.4) is 0 Å². The average molecular weight is 492 g/mol. The number of hydrogen-bond donors (Lipinski definition) is 3. The Kier molecular flexibility index (Phi) is 19.3. The molecule has 3 N–H and O–H groups in total. The van der Waals surface area contributed by atoms with Crippen LogP contribution >= 0.6 is 12.2 Å². The molecule has 0 aromatic heterocycles. The molecular formula is C28H49N3O2S. The van der Waals surface area contributed by atoms with E-state index < -0.39 is 0 Å². The first-order valence-corrected chi connectivity index (χ1v) is 14.1. The Morgan fingerprint density at radius 2 is 1.38 bits per heavy atom. The van der Waals surface area contributed by atoms with Gasteiger partial charge >= 0.3 is 0 Å². The summed E-state index contributed by atoms with van der Waals surface area (Å²) in [5.41, 5.74) is 3.67. The maximum Gasteiger partial charge on any atom is 0.186 e. The molecule has 0 saturated heterocycles. The molecule has 0 spiro atoms. The average Bonchev–Trinajstić information content (AvgIpc) is 2.83. The van der Waals surface area contributed by atoms with Gasteiger partial charge in [0, 0.05) is 6.54 Å². The Morgan fingerprint density at radius 1 is 0.853 bits per heavy atom. The zero-order valence-corrected chi connectivity index (χ0v) is 22.6. The Labute approximate surface area is 214 Å². The zero-order chi connectivity index (χ0) is 24.7. The van der Waals surface area contributed by atoms with Crippen LogP contribution in [-0.4, -0.2) is 29.6 Å². The van der Waals surface area contributed by atoms with Gasteiger partial charge in [-0.25, -0.2) is 0 Å². The number of ether oxygens (including phenoxy) is 1. The number of phenols is 1. The van der Waals surface area contributed by atoms with Crippen molar-refractivity contribution in [2.24, 2.45) is 5.10 Å². The van der Waals surface area contributed by atoms with Crippen molar-refractivity contribution in [1.29, 1.82) is 0 Å². The van der Waals surface area contributed by atoms with Gasteiger partial charge in [0.25, 0.3) is 0 Å². The Balaban J connectivity index is 1.90. The van der Waals surface area contributed by atoms with Gasteiger partial charge in [0.05, 0.1) is 12.8 Å². The molecule has 0 atom stereocenters. The summed E-state index contributed by atoms with van der Waals surface area (Å²) in [5.74, 6) is 0.582. The predicted molar refractivity (Wildman–Crippen MR) is 150 cm³/mol. The molecule has 0 amide bonds. The number of unbranched alkanes of at least 4 members (excludes halogenated alkanes) is 15. The smallest absolute Gasteiger partial charge is 0.186 e. The zero-order valence-electron chi connectivity index (χ0n) is 21.7. The monoisotopic (exact) mass is 491 g/mol. The van der Waals surface area contributed by atoms with Gasteiger partial charge in [0.2, 0.25) is 0 Å². The lowest BCUT2D eigenvalue weighted by molar-refractivity contribution is 0.318. The molecule has 5 nitrogen and oxygen atoms in total. The van der Waals surface area contributed by atoms with E-state index in [0.29, 0.717) is 17.5 Å². The third-order valence-corrected chi connectivity index (χ3v) is 6.21. The molecule has 0 unspecified atom stereocenters. The quantitative estimate of drug-likeness (QED) is 0.0707. The minimum Gasteiger partial charge on any atom is -0.504 e. The van der Waals surface area contributed by atoms with Crippen molar-refractivity contribution in [2.45, 2.75) is 117 Å². The van der Waals surface area contributed by atoms with Crippen LogP contribution in [0.25, 0.3) is 0 Å². The van der Waals surface area contributed by atoms with E-state index in [1.807, 2.05) is 6.92 Å². The molecule has 0 aliphatic carbocycles. The van der Waals surface area contributed by atoms with Crippen molar-refractivity contribution >= 4 is 23.5 Å². The van der Waals surface area contributed by atoms with E-state index in [1.165, 1.54) is 96.3 Å². The van der Waals surface area contributed by atoms with Gasteiger partial charge in [-0.1, -0.05) is 103 Å². The molecule has 0 radical (unpaired) electrons. The van der Waals surface area contributed by atoms with Crippen LogP contribution < -0.4 is 15.5 Å². The van der Waals surface area contributed by atoms with Gasteiger partial charge in [-0.05, 0) is 49.3 Å². The minimum atomic E-state index is 0.128. The highest BCUT2D eigenvalue weighted by atomic mass is 32.1. The van der Waals surface area contributed by atoms with E-state index in [9.17, 15) is 5.11 Å². The summed E-state index contributed by atoms with van der Waals surface area (Å²) in [5, 5.41) is 17.6. The second kappa shape index (κ2) is 21.7. The van der Waals surface area contributed by atoms with Gasteiger partial charge in [-0.15, -0.1) is 0 Å². The van der Waals surface area contributed by atoms with E-state index in [1.54, 1.807) is 24.4 Å². The maximum absolute atomic E-state index is 9.74. The highest BCUT2D eigenvalue weighted by molar-refractivity contribution is 7.80. The molecule has 0 bridgehead atoms. The van der Waals surface area contributed by atoms with Crippen LogP contribution in [0.5, 0.6) is 11.5 Å². The predicted octanol–water partition coefficient (Wildman–Crippen LogP) is 7.85. The fourth-order valence-electron chi connectivity index (χ4n) is 3.96. The van der Waals surface area contributed by atoms with E-state index >= 15 is 0 Å². The summed E-state index contributed by atoms with van der Waals surface area (Å²) in [6, 6.07) is 5.12. The highest BCUT2D eigenvalue weighted by Crippen LogP contribution is 2.26. The van der Waals surface area contributed by atoms with Crippen LogP contribution in [0.2, 0.25) is 0 Å². The van der Waals surface area contributed by atoms with Crippen molar-refractivity contribution < 1.29 is 9.84 Å². The number of rotatable bonds is 21. The number of nitrogens with zero attached hydrogens (tertiary/aromatic N) is 1. The normalized spacial score (nSPS) is 11.1. The molecule has 34 heavy (non-hydrogen) atoms. The van der Waals surface area contributed by atoms with E-state index in [2.05, 4.69) is 22.8 Å². The van der Waals surface area contributed by atoms with Gasteiger partial charge in [-0.2, -0.15) is 5.10 Å². The molecule has 194 valence electrons. The topological polar surface area (TPSA) is 65.9 Å². The summed E-state index contributed by atoms with van der Waals surface area (Å²) < 4.78 is 5.38. The third-order valence-electron chi connectivity index (χ3n) is 5.98. The highest BCUT2D eigenvalue weighted by Gasteiger charge is 2.02. The van der Waals surface area contributed by atoms with Gasteiger partial charge in [0.1, 0.15) is 0 Å². The molecule has 6 heteroatoms. The van der Waals surface area contributed by atoms with Gasteiger partial charge < -0.3 is 15.2 Å². The maximum atomic E-state index is 9.74. The van der Waals surface area contributed by atoms with Crippen molar-refractivity contribution in [3.63, 3.8) is 0 Å². The number of benzene rings is 1. The summed E-state index contributed by atoms with van der Waals surface area (Å²) in [4.78, 5) is 0. The molecular weight excluding hydrogens is 442 g/mol. The number of nitrogens with one attached hydrogen (secondary N) is 2. The van der Waals surface area contributed by atoms with Crippen molar-refractivity contribution in [3.8, 4) is 11.5 Å². The first kappa shape index (κ1) is 30.2. The second-order valence-corrected chi connectivity index (χ2v) is 9.50. The standard InChI is InChI=1S/C28H49N3O2S/c1-3-5-6-7-8-9-10-11-12-13-14-15-16-17-18-19-22-29-28(34)31-30-24-25-20-21-26(32)27(23-25)33-4-2/h20-21,23-24,32H,3-19,22H2,1-2H3,(H2,29,31,34). The van der Waals surface area contributed by atoms with Gasteiger partial charge in [-0.3, -0.25) is 5.43 Å². The van der Waals surface area contributed by atoms with Crippen molar-refractivity contribution in [2.75, 3.05) is 13.2 Å². The lowest BCUT2D eigenvalue weighted by Gasteiger charge is -2.08. The molecule has 0 fully saturated rings. The molecule has 1 aromatic carbocycles. The second-order valence-electron chi connectivity index (χ2n) is 9.09. The van der Waals surface area contributed by atoms with Crippen LogP contribution in [0.4, 0.5) is 0 Å². The van der Waals surface area contributed by atoms with Crippen molar-refractivity contribution in [1.82, 2.24) is 10.7 Å². The first-order valence-electron chi connectivity index (χ1n) is 13.7. The fourth-order valence-corrected chi connectivity index (χ4v) is 4.12. The molecule has 0 aliphatic heterocycles. The fraction of sp³-hybridized carbons (Fsp3) is 0.714. The summed E-state index contributed by atoms with van der Waals surface area (Å²) in [6.45, 7) is 5.53. The molecule has 0 heterocycles. The van der Waals surface area contributed by atoms with Crippen LogP contribution in [-0.2, 0) is 0 Å². The Bertz CT molecular complexity index is 667. The molecule has 0 saturated carbocycles. The summed E-state index contributed by atoms with van der Waals surface area (Å²) in [7, 11) is 0. The molecule has 1 aromatic rings. The number of hydrogen-bond acceptors (Lipinski definition) is 4. The largest absolute Gasteiger partial charge is 0.504 e. The number of aromatic hydroxyl groups is 1. The van der Waals surface area contributed by atoms with Gasteiger partial charge in [0.15, 0.2) is 16.6 Å². The first-order chi connectivity index (χ1) is 16.7. The molecule has 1 rings (SSSR count). The molecule has 0 aliphatic rings. The number of thiocarbonyl (C=S) groups is 1. The Hall–Kier alpha value is -1.82. The van der Waals surface area contributed by atoms with E-state index in [4.69, 9.17) is 17.0 Å². The van der Waals surface area contributed by atoms with E-state index in [0.717, 1.165) is 18.5 Å². The third kappa shape index (κ3) is 16.7. The summed E-state index contributed by atoms with van der Waals surface area (Å²) >= 11 is 5.27. The van der Waals surface area contributed by atoms with E-state index in [-0.39, 0.29) is 5.75 Å². The van der Waals surface area contributed by atoms with Crippen LogP contribution in [0.1, 0.15) is 122 Å².